The summed E-state index contributed by atoms with van der Waals surface area (Å²) >= 11 is 6.19. The summed E-state index contributed by atoms with van der Waals surface area (Å²) < 4.78 is 16.8. The Morgan fingerprint density at radius 2 is 1.76 bits per heavy atom. The van der Waals surface area contributed by atoms with Crippen molar-refractivity contribution < 1.29 is 23.6 Å². The Kier molecular flexibility index (Phi) is 10.3. The first-order valence-corrected chi connectivity index (χ1v) is 11.8. The standard InChI is InChI=1S/C20H23N3O4S.C3H5ClO/c1-5-19(24)22-13(4)17-10-16(23-27-17)18-11-21-20(28-18)26-15-8-6-14(7-9-15)25-12(2)3;1-2-3(4)5/h6-13H,5H2,1-4H3,(H,22,24);2H2,1H3. The molecule has 33 heavy (non-hydrogen) atoms. The van der Waals surface area contributed by atoms with Gasteiger partial charge in [0.2, 0.25) is 11.1 Å². The van der Waals surface area contributed by atoms with E-state index in [9.17, 15) is 9.59 Å². The van der Waals surface area contributed by atoms with Crippen molar-refractivity contribution in [1.82, 2.24) is 15.5 Å². The molecule has 3 rings (SSSR count). The predicted octanol–water partition coefficient (Wildman–Crippen LogP) is 6.13. The van der Waals surface area contributed by atoms with E-state index in [2.05, 4.69) is 15.5 Å². The predicted molar refractivity (Wildman–Crippen MR) is 128 cm³/mol. The Morgan fingerprint density at radius 1 is 1.12 bits per heavy atom. The molecule has 10 heteroatoms. The van der Waals surface area contributed by atoms with Gasteiger partial charge in [0.15, 0.2) is 5.76 Å². The van der Waals surface area contributed by atoms with Gasteiger partial charge in [0.05, 0.1) is 23.2 Å². The second kappa shape index (κ2) is 13.0. The third-order valence-corrected chi connectivity index (χ3v) is 5.23. The van der Waals surface area contributed by atoms with Gasteiger partial charge in [-0.15, -0.1) is 0 Å². The molecular formula is C23H28ClN3O5S. The van der Waals surface area contributed by atoms with Crippen molar-refractivity contribution in [2.24, 2.45) is 0 Å². The Morgan fingerprint density at radius 3 is 2.33 bits per heavy atom. The van der Waals surface area contributed by atoms with Crippen LogP contribution in [0.1, 0.15) is 59.3 Å². The minimum Gasteiger partial charge on any atom is -0.491 e. The summed E-state index contributed by atoms with van der Waals surface area (Å²) in [5.41, 5.74) is 0.653. The van der Waals surface area contributed by atoms with Crippen LogP contribution in [0.25, 0.3) is 10.6 Å². The van der Waals surface area contributed by atoms with Gasteiger partial charge in [-0.2, -0.15) is 0 Å². The first-order chi connectivity index (χ1) is 15.7. The topological polar surface area (TPSA) is 104 Å². The number of nitrogens with zero attached hydrogens (tertiary/aromatic N) is 2. The third-order valence-electron chi connectivity index (χ3n) is 4.07. The minimum absolute atomic E-state index is 0.0382. The molecule has 0 spiro atoms. The maximum atomic E-state index is 11.5. The molecule has 1 amide bonds. The summed E-state index contributed by atoms with van der Waals surface area (Å²) in [4.78, 5) is 26.2. The molecule has 0 bridgehead atoms. The fourth-order valence-corrected chi connectivity index (χ4v) is 3.14. The molecule has 0 saturated carbocycles. The molecule has 3 aromatic rings. The van der Waals surface area contributed by atoms with Crippen molar-refractivity contribution in [3.63, 3.8) is 0 Å². The summed E-state index contributed by atoms with van der Waals surface area (Å²) in [5, 5.41) is 7.15. The maximum absolute atomic E-state index is 11.5. The number of amides is 1. The molecule has 2 aromatic heterocycles. The Balaban J connectivity index is 0.000000696. The normalized spacial score (nSPS) is 11.4. The van der Waals surface area contributed by atoms with Crippen molar-refractivity contribution in [1.29, 1.82) is 0 Å². The van der Waals surface area contributed by atoms with Gasteiger partial charge in [0, 0.05) is 18.9 Å². The smallest absolute Gasteiger partial charge is 0.279 e. The summed E-state index contributed by atoms with van der Waals surface area (Å²) in [6.45, 7) is 9.34. The number of hydrogen-bond donors (Lipinski definition) is 1. The zero-order valence-corrected chi connectivity index (χ0v) is 20.8. The van der Waals surface area contributed by atoms with Crippen LogP contribution in [0, 0.1) is 0 Å². The largest absolute Gasteiger partial charge is 0.491 e. The van der Waals surface area contributed by atoms with Gasteiger partial charge in [-0.25, -0.2) is 4.98 Å². The Hall–Kier alpha value is -2.91. The van der Waals surface area contributed by atoms with E-state index in [1.54, 1.807) is 26.1 Å². The van der Waals surface area contributed by atoms with Crippen molar-refractivity contribution in [3.05, 3.63) is 42.3 Å². The van der Waals surface area contributed by atoms with Crippen molar-refractivity contribution in [2.45, 2.75) is 59.6 Å². The number of rotatable bonds is 9. The van der Waals surface area contributed by atoms with Crippen molar-refractivity contribution in [2.75, 3.05) is 0 Å². The number of thiazole rings is 1. The van der Waals surface area contributed by atoms with E-state index in [0.29, 0.717) is 35.2 Å². The van der Waals surface area contributed by atoms with Gasteiger partial charge >= 0.3 is 0 Å². The summed E-state index contributed by atoms with van der Waals surface area (Å²) in [6.07, 6.45) is 2.67. The molecule has 0 fully saturated rings. The van der Waals surface area contributed by atoms with Crippen LogP contribution in [-0.4, -0.2) is 27.4 Å². The van der Waals surface area contributed by atoms with Crippen LogP contribution >= 0.6 is 22.9 Å². The van der Waals surface area contributed by atoms with Gasteiger partial charge in [0.1, 0.15) is 17.2 Å². The molecular weight excluding hydrogens is 466 g/mol. The Labute approximate surface area is 202 Å². The van der Waals surface area contributed by atoms with E-state index in [4.69, 9.17) is 25.6 Å². The van der Waals surface area contributed by atoms with Crippen LogP contribution < -0.4 is 14.8 Å². The van der Waals surface area contributed by atoms with E-state index in [1.807, 2.05) is 45.0 Å². The average Bonchev–Trinajstić information content (AvgIpc) is 3.45. The molecule has 8 nitrogen and oxygen atoms in total. The number of ether oxygens (including phenoxy) is 2. The molecule has 178 valence electrons. The van der Waals surface area contributed by atoms with Gasteiger partial charge in [-0.1, -0.05) is 30.3 Å². The van der Waals surface area contributed by atoms with Gasteiger partial charge < -0.3 is 19.3 Å². The molecule has 1 unspecified atom stereocenters. The second-order valence-corrected chi connectivity index (χ2v) is 8.61. The number of halogens is 1. The third kappa shape index (κ3) is 8.86. The molecule has 0 aliphatic rings. The van der Waals surface area contributed by atoms with E-state index < -0.39 is 0 Å². The number of nitrogens with one attached hydrogen (secondary N) is 1. The van der Waals surface area contributed by atoms with Crippen LogP contribution in [-0.2, 0) is 9.59 Å². The van der Waals surface area contributed by atoms with Crippen LogP contribution in [0.3, 0.4) is 0 Å². The zero-order valence-electron chi connectivity index (χ0n) is 19.3. The maximum Gasteiger partial charge on any atom is 0.279 e. The zero-order chi connectivity index (χ0) is 24.4. The summed E-state index contributed by atoms with van der Waals surface area (Å²) in [5.74, 6) is 2.02. The van der Waals surface area contributed by atoms with Crippen molar-refractivity contribution >= 4 is 34.1 Å². The fourth-order valence-electron chi connectivity index (χ4n) is 2.41. The molecule has 1 N–H and O–H groups in total. The Bertz CT molecular complexity index is 1030. The number of aromatic nitrogens is 2. The molecule has 1 aromatic carbocycles. The molecule has 2 heterocycles. The lowest BCUT2D eigenvalue weighted by Gasteiger charge is -2.09. The number of carbonyl (C=O) groups excluding carboxylic acids is 2. The highest BCUT2D eigenvalue weighted by atomic mass is 35.5. The van der Waals surface area contributed by atoms with Crippen LogP contribution in [0.15, 0.2) is 41.1 Å². The quantitative estimate of drug-likeness (QED) is 0.357. The minimum atomic E-state index is -0.273. The molecule has 0 aliphatic heterocycles. The van der Waals surface area contributed by atoms with E-state index >= 15 is 0 Å². The van der Waals surface area contributed by atoms with Crippen LogP contribution in [0.2, 0.25) is 0 Å². The fraction of sp³-hybridized carbons (Fsp3) is 0.391. The summed E-state index contributed by atoms with van der Waals surface area (Å²) in [6, 6.07) is 8.95. The number of hydrogen-bond acceptors (Lipinski definition) is 8. The lowest BCUT2D eigenvalue weighted by atomic mass is 10.2. The highest BCUT2D eigenvalue weighted by molar-refractivity contribution is 7.16. The first kappa shape index (κ1) is 26.3. The van der Waals surface area contributed by atoms with Gasteiger partial charge in [0.25, 0.3) is 5.19 Å². The summed E-state index contributed by atoms with van der Waals surface area (Å²) in [7, 11) is 0. The van der Waals surface area contributed by atoms with Crippen molar-refractivity contribution in [3.8, 4) is 27.3 Å². The average molecular weight is 494 g/mol. The van der Waals surface area contributed by atoms with E-state index in [-0.39, 0.29) is 23.3 Å². The number of carbonyl (C=O) groups is 2. The van der Waals surface area contributed by atoms with Crippen LogP contribution in [0.4, 0.5) is 0 Å². The van der Waals surface area contributed by atoms with E-state index in [1.165, 1.54) is 11.3 Å². The first-order valence-electron chi connectivity index (χ1n) is 10.6. The number of benzene rings is 1. The molecule has 0 aliphatic carbocycles. The van der Waals surface area contributed by atoms with Gasteiger partial charge in [-0.05, 0) is 56.6 Å². The molecule has 1 atom stereocenters. The monoisotopic (exact) mass is 493 g/mol. The lowest BCUT2D eigenvalue weighted by molar-refractivity contribution is -0.121. The van der Waals surface area contributed by atoms with E-state index in [0.717, 1.165) is 10.6 Å². The van der Waals surface area contributed by atoms with Crippen LogP contribution in [0.5, 0.6) is 16.7 Å². The highest BCUT2D eigenvalue weighted by Crippen LogP contribution is 2.34. The second-order valence-electron chi connectivity index (χ2n) is 7.20. The SMILES string of the molecule is CCC(=O)Cl.CCC(=O)NC(C)c1cc(-c2cnc(Oc3ccc(OC(C)C)cc3)s2)no1. The molecule has 0 radical (unpaired) electrons. The lowest BCUT2D eigenvalue weighted by Crippen LogP contribution is -2.25. The van der Waals surface area contributed by atoms with Gasteiger partial charge in [-0.3, -0.25) is 9.59 Å². The molecule has 0 saturated heterocycles. The highest BCUT2D eigenvalue weighted by Gasteiger charge is 2.17.